The second-order valence-corrected chi connectivity index (χ2v) is 14.0. The van der Waals surface area contributed by atoms with E-state index >= 15 is 0 Å². The highest BCUT2D eigenvalue weighted by atomic mass is 32.2. The lowest BCUT2D eigenvalue weighted by molar-refractivity contribution is -0.142. The van der Waals surface area contributed by atoms with Crippen LogP contribution in [0.1, 0.15) is 65.2 Å². The summed E-state index contributed by atoms with van der Waals surface area (Å²) in [5.74, 6) is -11.9. The number of carboxylic acid groups (broad SMARTS) is 5. The highest BCUT2D eigenvalue weighted by Crippen LogP contribution is 2.21. The monoisotopic (exact) mass is 928 g/mol. The first-order chi connectivity index (χ1) is 28.5. The van der Waals surface area contributed by atoms with Crippen molar-refractivity contribution >= 4 is 112 Å². The quantitative estimate of drug-likeness (QED) is 0.0188. The number of aromatic nitrogens is 2. The molecular formula is C31H48N10O17S3. The predicted octanol–water partition coefficient (Wildman–Crippen LogP) is -3.27. The van der Waals surface area contributed by atoms with E-state index in [4.69, 9.17) is 35.2 Å². The zero-order valence-electron chi connectivity index (χ0n) is 32.6. The molecule has 14 N–H and O–H groups in total. The summed E-state index contributed by atoms with van der Waals surface area (Å²) in [4.78, 5) is 137. The second-order valence-electron chi connectivity index (χ2n) is 11.8. The van der Waals surface area contributed by atoms with E-state index < -0.39 is 109 Å². The number of carboxylic acids is 5. The molecule has 0 fully saturated rings. The van der Waals surface area contributed by atoms with Gasteiger partial charge in [-0.05, 0) is 24.8 Å². The molecule has 1 aromatic rings. The van der Waals surface area contributed by atoms with Gasteiger partial charge in [0.15, 0.2) is 4.34 Å². The molecule has 0 aromatic carbocycles. The van der Waals surface area contributed by atoms with Gasteiger partial charge in [0.05, 0.1) is 25.9 Å². The Hall–Kier alpha value is -6.14. The summed E-state index contributed by atoms with van der Waals surface area (Å²) in [5, 5.41) is 70.9. The van der Waals surface area contributed by atoms with Crippen LogP contribution in [0, 0.1) is 0 Å². The third-order valence-corrected chi connectivity index (χ3v) is 8.28. The van der Waals surface area contributed by atoms with Gasteiger partial charge in [-0.15, -0.1) is 10.2 Å². The summed E-state index contributed by atoms with van der Waals surface area (Å²) in [7, 11) is 0. The standard InChI is InChI=1S/C27H40N10O13S3.2C2H4O2/c28-53-27-37-36-26(52-27)35-18(40)6-5-16(38)29-7-3-1-2-4-17(39)32-13(8-21(43)44)23(47)30-10-19(41)33-14(9-22(45)46)24(48)31-11-20(42)34-15(12-51)25(49)50;2*1-2(3)4/h13-15,51H,1-12,28H2,(H,29,38)(H,30,47)(H,31,48)(H,32,39)(H,33,41)(H,34,42)(H,43,44)(H,45,46)(H,49,50)(H,35,36,40);2*1H3,(H,3,4). The van der Waals surface area contributed by atoms with Crippen LogP contribution in [0.5, 0.6) is 0 Å². The molecule has 0 aliphatic rings. The first kappa shape index (κ1) is 57.0. The molecule has 1 aromatic heterocycles. The molecule has 0 saturated heterocycles. The van der Waals surface area contributed by atoms with Crippen molar-refractivity contribution in [2.75, 3.05) is 30.7 Å². The van der Waals surface area contributed by atoms with Crippen molar-refractivity contribution in [1.29, 1.82) is 0 Å². The number of thiol groups is 1. The summed E-state index contributed by atoms with van der Waals surface area (Å²) in [6.45, 7) is 0.805. The van der Waals surface area contributed by atoms with Crippen LogP contribution in [0.2, 0.25) is 0 Å². The number of aliphatic carboxylic acids is 5. The van der Waals surface area contributed by atoms with E-state index in [0.717, 1.165) is 37.1 Å². The molecular weight excluding hydrogens is 881 g/mol. The van der Waals surface area contributed by atoms with Crippen molar-refractivity contribution in [1.82, 2.24) is 42.1 Å². The number of anilines is 1. The topological polar surface area (TPSA) is 442 Å². The average Bonchev–Trinajstić information content (AvgIpc) is 3.61. The number of nitrogens with one attached hydrogen (secondary N) is 7. The first-order valence-corrected chi connectivity index (χ1v) is 19.7. The van der Waals surface area contributed by atoms with Crippen LogP contribution in [0.25, 0.3) is 0 Å². The van der Waals surface area contributed by atoms with Crippen LogP contribution in [0.4, 0.5) is 5.13 Å². The largest absolute Gasteiger partial charge is 0.481 e. The minimum absolute atomic E-state index is 0.0757. The summed E-state index contributed by atoms with van der Waals surface area (Å²) in [6.07, 6.45) is -0.810. The molecule has 0 aliphatic heterocycles. The van der Waals surface area contributed by atoms with Gasteiger partial charge in [-0.2, -0.15) is 12.6 Å². The molecule has 0 aliphatic carbocycles. The Kier molecular flexibility index (Phi) is 30.5. The molecule has 7 amide bonds. The Morgan fingerprint density at radius 3 is 1.51 bits per heavy atom. The van der Waals surface area contributed by atoms with Gasteiger partial charge in [0.2, 0.25) is 46.5 Å². The van der Waals surface area contributed by atoms with Crippen molar-refractivity contribution in [2.45, 2.75) is 87.7 Å². The van der Waals surface area contributed by atoms with Crippen LogP contribution in [0.15, 0.2) is 4.34 Å². The molecule has 0 saturated carbocycles. The van der Waals surface area contributed by atoms with Gasteiger partial charge in [-0.25, -0.2) is 4.79 Å². The predicted molar refractivity (Wildman–Crippen MR) is 214 cm³/mol. The number of nitrogens with two attached hydrogens (primary N) is 1. The Balaban J connectivity index is 0. The van der Waals surface area contributed by atoms with Gasteiger partial charge in [0.25, 0.3) is 11.9 Å². The number of carbonyl (C=O) groups is 12. The molecule has 0 bridgehead atoms. The van der Waals surface area contributed by atoms with E-state index in [0.29, 0.717) is 23.6 Å². The minimum atomic E-state index is -1.73. The normalized spacial score (nSPS) is 11.4. The lowest BCUT2D eigenvalue weighted by Crippen LogP contribution is -2.54. The molecule has 27 nitrogen and oxygen atoms in total. The van der Waals surface area contributed by atoms with Crippen LogP contribution in [-0.2, 0) is 57.5 Å². The molecule has 0 radical (unpaired) electrons. The number of amides is 7. The van der Waals surface area contributed by atoms with E-state index in [1.807, 2.05) is 0 Å². The van der Waals surface area contributed by atoms with E-state index in [2.05, 4.69) is 60.0 Å². The molecule has 30 heteroatoms. The molecule has 1 heterocycles. The van der Waals surface area contributed by atoms with Crippen molar-refractivity contribution in [2.24, 2.45) is 5.14 Å². The maximum atomic E-state index is 12.6. The van der Waals surface area contributed by atoms with E-state index in [1.54, 1.807) is 0 Å². The number of unbranched alkanes of at least 4 members (excludes halogenated alkanes) is 2. The number of rotatable bonds is 26. The molecule has 0 spiro atoms. The van der Waals surface area contributed by atoms with Crippen LogP contribution < -0.4 is 42.4 Å². The fourth-order valence-electron chi connectivity index (χ4n) is 3.91. The van der Waals surface area contributed by atoms with Gasteiger partial charge < -0.3 is 62.8 Å². The Bertz CT molecular complexity index is 1680. The Morgan fingerprint density at radius 2 is 1.08 bits per heavy atom. The summed E-state index contributed by atoms with van der Waals surface area (Å²) in [6, 6.07) is -4.68. The fraction of sp³-hybridized carbons (Fsp3) is 0.548. The third-order valence-electron chi connectivity index (χ3n) is 6.46. The Morgan fingerprint density at radius 1 is 0.623 bits per heavy atom. The summed E-state index contributed by atoms with van der Waals surface area (Å²) < 4.78 is 0.462. The van der Waals surface area contributed by atoms with Crippen molar-refractivity contribution < 1.29 is 83.1 Å². The summed E-state index contributed by atoms with van der Waals surface area (Å²) >= 11 is 5.74. The van der Waals surface area contributed by atoms with Crippen molar-refractivity contribution in [3.63, 3.8) is 0 Å². The number of carbonyl (C=O) groups excluding carboxylic acids is 7. The maximum absolute atomic E-state index is 12.6. The van der Waals surface area contributed by atoms with Crippen LogP contribution >= 0.6 is 35.9 Å². The zero-order chi connectivity index (χ0) is 47.1. The highest BCUT2D eigenvalue weighted by Gasteiger charge is 2.27. The van der Waals surface area contributed by atoms with Crippen LogP contribution in [0.3, 0.4) is 0 Å². The second kappa shape index (κ2) is 32.7. The van der Waals surface area contributed by atoms with E-state index in [1.165, 1.54) is 0 Å². The van der Waals surface area contributed by atoms with E-state index in [9.17, 15) is 53.1 Å². The molecule has 1 rings (SSSR count). The smallest absolute Gasteiger partial charge is 0.327 e. The zero-order valence-corrected chi connectivity index (χ0v) is 35.1. The average molecular weight is 929 g/mol. The number of hydrogen-bond donors (Lipinski definition) is 14. The van der Waals surface area contributed by atoms with Crippen LogP contribution in [-0.4, -0.2) is 150 Å². The third kappa shape index (κ3) is 32.4. The lowest BCUT2D eigenvalue weighted by atomic mass is 10.1. The Labute approximate surface area is 360 Å². The number of nitrogens with zero attached hydrogens (tertiary/aromatic N) is 2. The fourth-order valence-corrected chi connectivity index (χ4v) is 5.17. The van der Waals surface area contributed by atoms with Crippen molar-refractivity contribution in [3.8, 4) is 0 Å². The molecule has 3 unspecified atom stereocenters. The van der Waals surface area contributed by atoms with Gasteiger partial charge in [-0.3, -0.25) is 57.9 Å². The van der Waals surface area contributed by atoms with Gasteiger partial charge in [-0.1, -0.05) is 17.8 Å². The minimum Gasteiger partial charge on any atom is -0.481 e. The summed E-state index contributed by atoms with van der Waals surface area (Å²) in [5.41, 5.74) is 0. The molecule has 342 valence electrons. The van der Waals surface area contributed by atoms with Crippen molar-refractivity contribution in [3.05, 3.63) is 0 Å². The van der Waals surface area contributed by atoms with E-state index in [-0.39, 0.29) is 42.6 Å². The first-order valence-electron chi connectivity index (χ1n) is 17.4. The molecule has 3 atom stereocenters. The lowest BCUT2D eigenvalue weighted by Gasteiger charge is -2.19. The van der Waals surface area contributed by atoms with Gasteiger partial charge >= 0.3 is 17.9 Å². The maximum Gasteiger partial charge on any atom is 0.327 e. The highest BCUT2D eigenvalue weighted by molar-refractivity contribution is 7.98. The number of hydrogen-bond acceptors (Lipinski definition) is 18. The van der Waals surface area contributed by atoms with Gasteiger partial charge in [0, 0.05) is 45.4 Å². The molecule has 61 heavy (non-hydrogen) atoms. The van der Waals surface area contributed by atoms with Gasteiger partial charge in [0.1, 0.15) is 18.1 Å². The SMILES string of the molecule is CC(=O)O.CC(=O)O.NSc1nnc(NC(=O)CCC(=O)NCCCCCC(=O)NC(CC(=O)O)C(=O)NCC(=O)NC(CC(=O)O)C(=O)NCC(=O)NC(CS)C(=O)O)s1.